The second kappa shape index (κ2) is 6.08. The predicted molar refractivity (Wildman–Crippen MR) is 95.0 cm³/mol. The molecule has 0 aliphatic rings. The first kappa shape index (κ1) is 15.0. The Labute approximate surface area is 142 Å². The SMILES string of the molecule is Cc1cc(C)c2onc(CC(=O)Nc3ccc(I)cc3)c2c1. The molecule has 1 heterocycles. The van der Waals surface area contributed by atoms with Crippen molar-refractivity contribution in [1.82, 2.24) is 5.16 Å². The number of anilines is 1. The molecule has 0 atom stereocenters. The van der Waals surface area contributed by atoms with Crippen LogP contribution < -0.4 is 5.32 Å². The highest BCUT2D eigenvalue weighted by Gasteiger charge is 2.14. The van der Waals surface area contributed by atoms with E-state index in [-0.39, 0.29) is 12.3 Å². The van der Waals surface area contributed by atoms with Gasteiger partial charge in [0, 0.05) is 14.6 Å². The van der Waals surface area contributed by atoms with E-state index in [0.717, 1.165) is 31.4 Å². The number of carbonyl (C=O) groups is 1. The molecule has 3 aromatic rings. The summed E-state index contributed by atoms with van der Waals surface area (Å²) in [6.07, 6.45) is 0.196. The van der Waals surface area contributed by atoms with Gasteiger partial charge in [-0.15, -0.1) is 0 Å². The number of benzene rings is 2. The molecule has 0 unspecified atom stereocenters. The van der Waals surface area contributed by atoms with Crippen LogP contribution in [0.3, 0.4) is 0 Å². The predicted octanol–water partition coefficient (Wildman–Crippen LogP) is 4.23. The molecule has 5 heteroatoms. The van der Waals surface area contributed by atoms with Crippen molar-refractivity contribution in [2.45, 2.75) is 20.3 Å². The number of carbonyl (C=O) groups excluding carboxylic acids is 1. The third kappa shape index (κ3) is 3.14. The summed E-state index contributed by atoms with van der Waals surface area (Å²) in [5, 5.41) is 7.85. The Kier molecular flexibility index (Phi) is 4.15. The van der Waals surface area contributed by atoms with Crippen LogP contribution in [-0.4, -0.2) is 11.1 Å². The average molecular weight is 406 g/mol. The van der Waals surface area contributed by atoms with Crippen molar-refractivity contribution < 1.29 is 9.32 Å². The topological polar surface area (TPSA) is 55.1 Å². The third-order valence-corrected chi connectivity index (χ3v) is 4.15. The molecule has 2 aromatic carbocycles. The Morgan fingerprint density at radius 1 is 1.23 bits per heavy atom. The molecule has 0 aliphatic carbocycles. The molecule has 22 heavy (non-hydrogen) atoms. The lowest BCUT2D eigenvalue weighted by Crippen LogP contribution is -2.14. The lowest BCUT2D eigenvalue weighted by Gasteiger charge is -2.04. The summed E-state index contributed by atoms with van der Waals surface area (Å²) in [4.78, 5) is 12.2. The van der Waals surface area contributed by atoms with E-state index in [1.165, 1.54) is 0 Å². The molecule has 1 N–H and O–H groups in total. The number of aryl methyl sites for hydroxylation is 2. The average Bonchev–Trinajstić information content (AvgIpc) is 2.85. The van der Waals surface area contributed by atoms with E-state index < -0.39 is 0 Å². The van der Waals surface area contributed by atoms with Gasteiger partial charge in [0.15, 0.2) is 5.58 Å². The molecule has 0 saturated carbocycles. The molecule has 3 rings (SSSR count). The number of hydrogen-bond acceptors (Lipinski definition) is 3. The van der Waals surface area contributed by atoms with Crippen molar-refractivity contribution in [3.8, 4) is 0 Å². The molecular weight excluding hydrogens is 391 g/mol. The van der Waals surface area contributed by atoms with E-state index in [1.807, 2.05) is 50.2 Å². The van der Waals surface area contributed by atoms with E-state index in [0.29, 0.717) is 5.69 Å². The Morgan fingerprint density at radius 3 is 2.68 bits per heavy atom. The highest BCUT2D eigenvalue weighted by Crippen LogP contribution is 2.24. The Balaban J connectivity index is 1.81. The number of aromatic nitrogens is 1. The molecule has 1 aromatic heterocycles. The van der Waals surface area contributed by atoms with Gasteiger partial charge in [-0.3, -0.25) is 4.79 Å². The van der Waals surface area contributed by atoms with E-state index >= 15 is 0 Å². The van der Waals surface area contributed by atoms with Crippen molar-refractivity contribution in [3.63, 3.8) is 0 Å². The van der Waals surface area contributed by atoms with E-state index in [1.54, 1.807) is 0 Å². The summed E-state index contributed by atoms with van der Waals surface area (Å²) >= 11 is 2.23. The zero-order valence-corrected chi connectivity index (χ0v) is 14.5. The zero-order valence-electron chi connectivity index (χ0n) is 12.3. The van der Waals surface area contributed by atoms with Crippen molar-refractivity contribution >= 4 is 45.2 Å². The van der Waals surface area contributed by atoms with Crippen LogP contribution in [-0.2, 0) is 11.2 Å². The van der Waals surface area contributed by atoms with E-state index in [4.69, 9.17) is 4.52 Å². The maximum atomic E-state index is 12.2. The lowest BCUT2D eigenvalue weighted by molar-refractivity contribution is -0.115. The van der Waals surface area contributed by atoms with Gasteiger partial charge in [0.05, 0.1) is 6.42 Å². The lowest BCUT2D eigenvalue weighted by atomic mass is 10.1. The second-order valence-corrected chi connectivity index (χ2v) is 6.57. The first-order valence-corrected chi connectivity index (χ1v) is 8.02. The van der Waals surface area contributed by atoms with Crippen LogP contribution in [0.4, 0.5) is 5.69 Å². The van der Waals surface area contributed by atoms with Gasteiger partial charge in [-0.2, -0.15) is 0 Å². The summed E-state index contributed by atoms with van der Waals surface area (Å²) in [5.74, 6) is -0.101. The maximum absolute atomic E-state index is 12.2. The number of nitrogens with one attached hydrogen (secondary N) is 1. The van der Waals surface area contributed by atoms with Gasteiger partial charge in [-0.1, -0.05) is 11.2 Å². The molecule has 1 amide bonds. The number of hydrogen-bond donors (Lipinski definition) is 1. The van der Waals surface area contributed by atoms with Crippen LogP contribution in [0.5, 0.6) is 0 Å². The number of halogens is 1. The van der Waals surface area contributed by atoms with Crippen molar-refractivity contribution in [2.75, 3.05) is 5.32 Å². The van der Waals surface area contributed by atoms with Crippen LogP contribution >= 0.6 is 22.6 Å². The highest BCUT2D eigenvalue weighted by molar-refractivity contribution is 14.1. The molecular formula is C17H15IN2O2. The molecule has 0 aliphatic heterocycles. The van der Waals surface area contributed by atoms with Gasteiger partial charge in [0.2, 0.25) is 5.91 Å². The minimum atomic E-state index is -0.101. The zero-order chi connectivity index (χ0) is 15.7. The number of rotatable bonds is 3. The fourth-order valence-electron chi connectivity index (χ4n) is 2.46. The van der Waals surface area contributed by atoms with E-state index in [9.17, 15) is 4.79 Å². The fourth-order valence-corrected chi connectivity index (χ4v) is 2.82. The molecule has 0 radical (unpaired) electrons. The van der Waals surface area contributed by atoms with Crippen LogP contribution in [0.25, 0.3) is 11.0 Å². The quantitative estimate of drug-likeness (QED) is 0.663. The van der Waals surface area contributed by atoms with Crippen LogP contribution in [0.2, 0.25) is 0 Å². The van der Waals surface area contributed by atoms with Gasteiger partial charge >= 0.3 is 0 Å². The van der Waals surface area contributed by atoms with Gasteiger partial charge in [0.25, 0.3) is 0 Å². The molecule has 0 fully saturated rings. The monoisotopic (exact) mass is 406 g/mol. The molecule has 4 nitrogen and oxygen atoms in total. The minimum Gasteiger partial charge on any atom is -0.356 e. The second-order valence-electron chi connectivity index (χ2n) is 5.32. The highest BCUT2D eigenvalue weighted by atomic mass is 127. The van der Waals surface area contributed by atoms with Crippen LogP contribution in [0, 0.1) is 17.4 Å². The standard InChI is InChI=1S/C17H15IN2O2/c1-10-7-11(2)17-14(8-10)15(20-22-17)9-16(21)19-13-5-3-12(18)4-6-13/h3-8H,9H2,1-2H3,(H,19,21). The molecule has 0 saturated heterocycles. The Morgan fingerprint density at radius 2 is 1.95 bits per heavy atom. The minimum absolute atomic E-state index is 0.101. The summed E-state index contributed by atoms with van der Waals surface area (Å²) < 4.78 is 6.50. The first-order chi connectivity index (χ1) is 10.5. The number of nitrogens with zero attached hydrogens (tertiary/aromatic N) is 1. The summed E-state index contributed by atoms with van der Waals surface area (Å²) in [5.41, 5.74) is 4.37. The largest absolute Gasteiger partial charge is 0.356 e. The molecule has 0 spiro atoms. The third-order valence-electron chi connectivity index (χ3n) is 3.43. The Bertz CT molecular complexity index is 838. The van der Waals surface area contributed by atoms with Gasteiger partial charge in [-0.05, 0) is 77.9 Å². The Hall–Kier alpha value is -1.89. The molecule has 0 bridgehead atoms. The summed E-state index contributed by atoms with van der Waals surface area (Å²) in [6.45, 7) is 4.00. The van der Waals surface area contributed by atoms with Gasteiger partial charge < -0.3 is 9.84 Å². The molecule has 112 valence electrons. The summed E-state index contributed by atoms with van der Waals surface area (Å²) in [7, 11) is 0. The van der Waals surface area contributed by atoms with Crippen LogP contribution in [0.1, 0.15) is 16.8 Å². The van der Waals surface area contributed by atoms with Gasteiger partial charge in [-0.25, -0.2) is 0 Å². The number of fused-ring (bicyclic) bond motifs is 1. The number of amides is 1. The van der Waals surface area contributed by atoms with Crippen LogP contribution in [0.15, 0.2) is 40.9 Å². The van der Waals surface area contributed by atoms with E-state index in [2.05, 4.69) is 33.1 Å². The first-order valence-electron chi connectivity index (χ1n) is 6.94. The van der Waals surface area contributed by atoms with Crippen molar-refractivity contribution in [1.29, 1.82) is 0 Å². The van der Waals surface area contributed by atoms with Crippen molar-refractivity contribution in [3.05, 3.63) is 56.8 Å². The summed E-state index contributed by atoms with van der Waals surface area (Å²) in [6, 6.07) is 11.7. The maximum Gasteiger partial charge on any atom is 0.230 e. The van der Waals surface area contributed by atoms with Crippen molar-refractivity contribution in [2.24, 2.45) is 0 Å². The normalized spacial score (nSPS) is 10.9. The fraction of sp³-hybridized carbons (Fsp3) is 0.176. The van der Waals surface area contributed by atoms with Gasteiger partial charge in [0.1, 0.15) is 5.69 Å². The smallest absolute Gasteiger partial charge is 0.230 e.